The van der Waals surface area contributed by atoms with Gasteiger partial charge in [0, 0.05) is 10.1 Å². The third kappa shape index (κ3) is 1.82. The minimum Gasteiger partial charge on any atom is -0.486 e. The van der Waals surface area contributed by atoms with Crippen LogP contribution in [0.15, 0.2) is 16.3 Å². The number of hydrogen-bond donors (Lipinski definition) is 0. The zero-order valence-electron chi connectivity index (χ0n) is 7.17. The van der Waals surface area contributed by atoms with Crippen molar-refractivity contribution in [2.45, 2.75) is 0 Å². The number of rotatable bonds is 1. The molecule has 2 rings (SSSR count). The molecule has 1 aliphatic heterocycles. The number of fused-ring (bicyclic) bond motifs is 1. The molecule has 0 aliphatic carbocycles. The van der Waals surface area contributed by atoms with Crippen LogP contribution in [-0.4, -0.2) is 18.2 Å². The normalized spacial score (nSPS) is 15.4. The lowest BCUT2D eigenvalue weighted by atomic mass is 10.3. The van der Waals surface area contributed by atoms with Gasteiger partial charge in [-0.3, -0.25) is 0 Å². The van der Waals surface area contributed by atoms with Crippen LogP contribution in [-0.2, 0) is 0 Å². The molecule has 3 nitrogen and oxygen atoms in total. The van der Waals surface area contributed by atoms with E-state index < -0.39 is 0 Å². The molecular weight excluding hydrogens is 300 g/mol. The lowest BCUT2D eigenvalue weighted by Gasteiger charge is -2.17. The first kappa shape index (κ1) is 9.70. The molecule has 1 aliphatic rings. The van der Waals surface area contributed by atoms with Crippen LogP contribution >= 0.6 is 22.6 Å². The van der Waals surface area contributed by atoms with Crippen LogP contribution < -0.4 is 9.47 Å². The minimum atomic E-state index is -0.373. The van der Waals surface area contributed by atoms with E-state index in [1.807, 2.05) is 22.6 Å². The maximum absolute atomic E-state index is 13.1. The molecule has 0 saturated heterocycles. The van der Waals surface area contributed by atoms with E-state index in [0.717, 1.165) is 0 Å². The van der Waals surface area contributed by atoms with Crippen molar-refractivity contribution in [1.82, 2.24) is 4.98 Å². The lowest BCUT2D eigenvalue weighted by molar-refractivity contribution is 0.170. The second kappa shape index (κ2) is 4.12. The van der Waals surface area contributed by atoms with E-state index in [4.69, 9.17) is 9.47 Å². The molecule has 0 atom stereocenters. The Balaban J connectivity index is 2.38. The molecule has 0 fully saturated rings. The summed E-state index contributed by atoms with van der Waals surface area (Å²) in [4.78, 5) is 3.91. The van der Waals surface area contributed by atoms with Gasteiger partial charge < -0.3 is 9.47 Å². The lowest BCUT2D eigenvalue weighted by Crippen LogP contribution is -2.15. The van der Waals surface area contributed by atoms with Crippen molar-refractivity contribution in [1.29, 1.82) is 0 Å². The molecule has 1 aromatic rings. The molecule has 2 heterocycles. The highest BCUT2D eigenvalue weighted by Crippen LogP contribution is 2.31. The molecule has 14 heavy (non-hydrogen) atoms. The van der Waals surface area contributed by atoms with Crippen molar-refractivity contribution in [2.75, 3.05) is 13.2 Å². The fraction of sp³-hybridized carbons (Fsp3) is 0.222. The summed E-state index contributed by atoms with van der Waals surface area (Å²) in [6, 6.07) is 1.54. The number of hydrogen-bond acceptors (Lipinski definition) is 3. The van der Waals surface area contributed by atoms with Crippen LogP contribution in [0.5, 0.6) is 11.5 Å². The molecule has 0 bridgehead atoms. The van der Waals surface area contributed by atoms with Gasteiger partial charge in [0.2, 0.25) is 0 Å². The summed E-state index contributed by atoms with van der Waals surface area (Å²) in [5.74, 6) is 0.749. The summed E-state index contributed by atoms with van der Waals surface area (Å²) in [6.07, 6.45) is 1.48. The standard InChI is InChI=1S/C9H7FINO2/c10-6(4-11)7-3-8-9(5-12-7)14-2-1-13-8/h3-5H,1-2H2/b6-4-. The topological polar surface area (TPSA) is 31.4 Å². The Morgan fingerprint density at radius 2 is 2.14 bits per heavy atom. The summed E-state index contributed by atoms with van der Waals surface area (Å²) in [6.45, 7) is 1.00. The van der Waals surface area contributed by atoms with Crippen LogP contribution in [0, 0.1) is 0 Å². The van der Waals surface area contributed by atoms with E-state index in [1.165, 1.54) is 10.3 Å². The van der Waals surface area contributed by atoms with E-state index in [2.05, 4.69) is 4.98 Å². The monoisotopic (exact) mass is 307 g/mol. The predicted octanol–water partition coefficient (Wildman–Crippen LogP) is 2.56. The Morgan fingerprint density at radius 1 is 1.43 bits per heavy atom. The van der Waals surface area contributed by atoms with E-state index in [0.29, 0.717) is 24.7 Å². The molecule has 0 aromatic carbocycles. The number of nitrogens with zero attached hydrogens (tertiary/aromatic N) is 1. The Morgan fingerprint density at radius 3 is 2.86 bits per heavy atom. The first-order chi connectivity index (χ1) is 6.81. The Kier molecular flexibility index (Phi) is 2.85. The van der Waals surface area contributed by atoms with Gasteiger partial charge in [0.15, 0.2) is 17.3 Å². The third-order valence-electron chi connectivity index (χ3n) is 1.77. The molecule has 0 spiro atoms. The van der Waals surface area contributed by atoms with Crippen LogP contribution in [0.2, 0.25) is 0 Å². The van der Waals surface area contributed by atoms with E-state index >= 15 is 0 Å². The molecular formula is C9H7FINO2. The molecule has 5 heteroatoms. The second-order valence-electron chi connectivity index (χ2n) is 2.67. The highest BCUT2D eigenvalue weighted by molar-refractivity contribution is 14.1. The molecule has 74 valence electrons. The van der Waals surface area contributed by atoms with Gasteiger partial charge in [0.05, 0.1) is 6.20 Å². The first-order valence-electron chi connectivity index (χ1n) is 4.03. The number of ether oxygens (including phenoxy) is 2. The molecule has 0 radical (unpaired) electrons. The minimum absolute atomic E-state index is 0.267. The fourth-order valence-corrected chi connectivity index (χ4v) is 1.45. The van der Waals surface area contributed by atoms with Crippen molar-refractivity contribution in [3.05, 3.63) is 22.0 Å². The highest BCUT2D eigenvalue weighted by Gasteiger charge is 2.13. The second-order valence-corrected chi connectivity index (χ2v) is 3.29. The molecule has 0 amide bonds. The maximum atomic E-state index is 13.1. The SMILES string of the molecule is F/C(=C\I)c1cc2c(cn1)OCCO2. The van der Waals surface area contributed by atoms with Gasteiger partial charge in [0.1, 0.15) is 18.9 Å². The summed E-state index contributed by atoms with van der Waals surface area (Å²) in [5, 5.41) is 0. The molecule has 0 saturated carbocycles. The van der Waals surface area contributed by atoms with Crippen molar-refractivity contribution in [3.8, 4) is 11.5 Å². The van der Waals surface area contributed by atoms with Crippen LogP contribution in [0.25, 0.3) is 5.83 Å². The first-order valence-corrected chi connectivity index (χ1v) is 5.27. The van der Waals surface area contributed by atoms with Crippen LogP contribution in [0.3, 0.4) is 0 Å². The maximum Gasteiger partial charge on any atom is 0.179 e. The van der Waals surface area contributed by atoms with Gasteiger partial charge >= 0.3 is 0 Å². The Hall–Kier alpha value is -0.850. The van der Waals surface area contributed by atoms with Gasteiger partial charge in [-0.1, -0.05) is 0 Å². The highest BCUT2D eigenvalue weighted by atomic mass is 127. The van der Waals surface area contributed by atoms with Crippen LogP contribution in [0.1, 0.15) is 5.69 Å². The van der Waals surface area contributed by atoms with Crippen molar-refractivity contribution in [2.24, 2.45) is 0 Å². The van der Waals surface area contributed by atoms with Gasteiger partial charge in [0.25, 0.3) is 0 Å². The van der Waals surface area contributed by atoms with Gasteiger partial charge in [-0.2, -0.15) is 0 Å². The smallest absolute Gasteiger partial charge is 0.179 e. The summed E-state index contributed by atoms with van der Waals surface area (Å²) in [5.41, 5.74) is 0.267. The molecule has 0 N–H and O–H groups in total. The predicted molar refractivity (Wildman–Crippen MR) is 58.3 cm³/mol. The van der Waals surface area contributed by atoms with Gasteiger partial charge in [-0.05, 0) is 22.6 Å². The van der Waals surface area contributed by atoms with E-state index in [9.17, 15) is 4.39 Å². The quantitative estimate of drug-likeness (QED) is 0.747. The fourth-order valence-electron chi connectivity index (χ4n) is 1.14. The number of halogens is 2. The van der Waals surface area contributed by atoms with Crippen molar-refractivity contribution >= 4 is 28.4 Å². The number of aromatic nitrogens is 1. The van der Waals surface area contributed by atoms with Crippen molar-refractivity contribution < 1.29 is 13.9 Å². The average molecular weight is 307 g/mol. The Bertz CT molecular complexity index is 381. The van der Waals surface area contributed by atoms with E-state index in [-0.39, 0.29) is 11.5 Å². The zero-order valence-corrected chi connectivity index (χ0v) is 9.32. The molecule has 1 aromatic heterocycles. The Labute approximate surface area is 94.1 Å². The van der Waals surface area contributed by atoms with Gasteiger partial charge in [-0.25, -0.2) is 9.37 Å². The summed E-state index contributed by atoms with van der Waals surface area (Å²) < 4.78 is 25.0. The summed E-state index contributed by atoms with van der Waals surface area (Å²) in [7, 11) is 0. The van der Waals surface area contributed by atoms with Crippen LogP contribution in [0.4, 0.5) is 4.39 Å². The average Bonchev–Trinajstić information content (AvgIpc) is 2.27. The number of pyridine rings is 1. The zero-order chi connectivity index (χ0) is 9.97. The largest absolute Gasteiger partial charge is 0.486 e. The van der Waals surface area contributed by atoms with Crippen molar-refractivity contribution in [3.63, 3.8) is 0 Å². The van der Waals surface area contributed by atoms with Gasteiger partial charge in [-0.15, -0.1) is 0 Å². The third-order valence-corrected chi connectivity index (χ3v) is 2.32. The molecule has 0 unspecified atom stereocenters. The van der Waals surface area contributed by atoms with E-state index in [1.54, 1.807) is 6.07 Å². The summed E-state index contributed by atoms with van der Waals surface area (Å²) >= 11 is 1.82.